The Hall–Kier alpha value is -3.22. The van der Waals surface area contributed by atoms with Crippen LogP contribution in [0.2, 0.25) is 0 Å². The zero-order valence-electron chi connectivity index (χ0n) is 12.9. The Kier molecular flexibility index (Phi) is 5.64. The third-order valence-electron chi connectivity index (χ3n) is 3.19. The van der Waals surface area contributed by atoms with Crippen LogP contribution < -0.4 is 5.43 Å². The summed E-state index contributed by atoms with van der Waals surface area (Å²) in [4.78, 5) is 19.8. The van der Waals surface area contributed by atoms with Gasteiger partial charge >= 0.3 is 17.6 Å². The van der Waals surface area contributed by atoms with Gasteiger partial charge < -0.3 is 5.11 Å². The standard InChI is InChI=1S/C14H8BrF3N4O5/c15-9-1-2-12(23)7(3-9)6-19-20-13-10(21(24)25)4-8(14(16,17)18)5-11(13)22(26)27/h1-6,20,23H. The van der Waals surface area contributed by atoms with E-state index in [4.69, 9.17) is 0 Å². The van der Waals surface area contributed by atoms with Gasteiger partial charge in [-0.15, -0.1) is 0 Å². The number of benzene rings is 2. The van der Waals surface area contributed by atoms with Gasteiger partial charge in [0.15, 0.2) is 0 Å². The highest BCUT2D eigenvalue weighted by Gasteiger charge is 2.37. The third kappa shape index (κ3) is 4.69. The lowest BCUT2D eigenvalue weighted by atomic mass is 10.1. The SMILES string of the molecule is O=[N+]([O-])c1cc(C(F)(F)F)cc([N+](=O)[O-])c1NN=Cc1cc(Br)ccc1O. The number of hydrogen-bond donors (Lipinski definition) is 2. The molecule has 0 spiro atoms. The maximum atomic E-state index is 12.8. The molecule has 9 nitrogen and oxygen atoms in total. The topological polar surface area (TPSA) is 131 Å². The monoisotopic (exact) mass is 448 g/mol. The van der Waals surface area contributed by atoms with Crippen molar-refractivity contribution in [2.75, 3.05) is 5.43 Å². The van der Waals surface area contributed by atoms with Crippen LogP contribution >= 0.6 is 15.9 Å². The number of halogens is 4. The van der Waals surface area contributed by atoms with E-state index in [0.29, 0.717) is 4.47 Å². The quantitative estimate of drug-likeness (QED) is 0.394. The molecule has 0 bridgehead atoms. The fourth-order valence-electron chi connectivity index (χ4n) is 1.97. The number of phenolic OH excluding ortho intramolecular Hbond substituents is 1. The molecule has 0 fully saturated rings. The summed E-state index contributed by atoms with van der Waals surface area (Å²) in [6.07, 6.45) is -4.02. The average Bonchev–Trinajstić information content (AvgIpc) is 2.56. The molecule has 0 aliphatic rings. The fraction of sp³-hybridized carbons (Fsp3) is 0.0714. The first-order valence-corrected chi connectivity index (χ1v) is 7.61. The van der Waals surface area contributed by atoms with Crippen LogP contribution in [0, 0.1) is 20.2 Å². The summed E-state index contributed by atoms with van der Waals surface area (Å²) in [5, 5.41) is 35.4. The van der Waals surface area contributed by atoms with Gasteiger partial charge in [-0.2, -0.15) is 18.3 Å². The number of phenols is 1. The number of nitrogens with zero attached hydrogens (tertiary/aromatic N) is 3. The number of aromatic hydroxyl groups is 1. The molecule has 2 N–H and O–H groups in total. The van der Waals surface area contributed by atoms with E-state index >= 15 is 0 Å². The number of alkyl halides is 3. The Morgan fingerprint density at radius 1 is 1.11 bits per heavy atom. The van der Waals surface area contributed by atoms with Crippen LogP contribution in [0.3, 0.4) is 0 Å². The van der Waals surface area contributed by atoms with Crippen LogP contribution in [-0.2, 0) is 6.18 Å². The highest BCUT2D eigenvalue weighted by Crippen LogP contribution is 2.41. The number of rotatable bonds is 5. The van der Waals surface area contributed by atoms with E-state index in [9.17, 15) is 38.5 Å². The molecule has 2 aromatic rings. The molecule has 0 aliphatic carbocycles. The molecule has 0 unspecified atom stereocenters. The maximum absolute atomic E-state index is 12.8. The molecule has 0 saturated carbocycles. The van der Waals surface area contributed by atoms with E-state index in [1.165, 1.54) is 18.2 Å². The Bertz CT molecular complexity index is 914. The second-order valence-electron chi connectivity index (χ2n) is 4.97. The van der Waals surface area contributed by atoms with Crippen LogP contribution in [0.5, 0.6) is 5.75 Å². The maximum Gasteiger partial charge on any atom is 0.416 e. The smallest absolute Gasteiger partial charge is 0.416 e. The first kappa shape index (κ1) is 20.1. The number of nitro benzene ring substituents is 2. The van der Waals surface area contributed by atoms with Gasteiger partial charge in [-0.05, 0) is 18.2 Å². The average molecular weight is 449 g/mol. The molecule has 0 saturated heterocycles. The number of hydrogen-bond acceptors (Lipinski definition) is 7. The zero-order chi connectivity index (χ0) is 20.4. The van der Waals surface area contributed by atoms with Crippen molar-refractivity contribution in [3.63, 3.8) is 0 Å². The van der Waals surface area contributed by atoms with Crippen LogP contribution in [0.15, 0.2) is 39.9 Å². The largest absolute Gasteiger partial charge is 0.507 e. The normalized spacial score (nSPS) is 11.6. The number of anilines is 1. The molecule has 27 heavy (non-hydrogen) atoms. The predicted octanol–water partition coefficient (Wildman–Crippen LogP) is 4.44. The molecule has 0 aromatic heterocycles. The second-order valence-corrected chi connectivity index (χ2v) is 5.89. The van der Waals surface area contributed by atoms with Crippen molar-refractivity contribution in [2.24, 2.45) is 5.10 Å². The van der Waals surface area contributed by atoms with Crippen molar-refractivity contribution in [2.45, 2.75) is 6.18 Å². The van der Waals surface area contributed by atoms with Crippen molar-refractivity contribution >= 4 is 39.2 Å². The van der Waals surface area contributed by atoms with Gasteiger partial charge in [0.25, 0.3) is 0 Å². The van der Waals surface area contributed by atoms with Gasteiger partial charge in [-0.3, -0.25) is 25.7 Å². The van der Waals surface area contributed by atoms with E-state index in [0.717, 1.165) is 6.21 Å². The highest BCUT2D eigenvalue weighted by molar-refractivity contribution is 9.10. The molecule has 13 heteroatoms. The molecule has 0 radical (unpaired) electrons. The molecule has 0 amide bonds. The second kappa shape index (κ2) is 7.57. The van der Waals surface area contributed by atoms with Crippen LogP contribution in [0.25, 0.3) is 0 Å². The summed E-state index contributed by atoms with van der Waals surface area (Å²) < 4.78 is 39.1. The van der Waals surface area contributed by atoms with Crippen molar-refractivity contribution < 1.29 is 28.1 Å². The lowest BCUT2D eigenvalue weighted by Gasteiger charge is -2.09. The Balaban J connectivity index is 2.51. The Morgan fingerprint density at radius 3 is 2.15 bits per heavy atom. The van der Waals surface area contributed by atoms with Crippen molar-refractivity contribution in [1.29, 1.82) is 0 Å². The summed E-state index contributed by atoms with van der Waals surface area (Å²) in [7, 11) is 0. The van der Waals surface area contributed by atoms with Gasteiger partial charge in [-0.1, -0.05) is 15.9 Å². The van der Waals surface area contributed by atoms with E-state index in [1.807, 2.05) is 5.43 Å². The van der Waals surface area contributed by atoms with Gasteiger partial charge in [-0.25, -0.2) is 0 Å². The van der Waals surface area contributed by atoms with Crippen LogP contribution in [-0.4, -0.2) is 21.2 Å². The molecule has 0 aliphatic heterocycles. The van der Waals surface area contributed by atoms with Crippen LogP contribution in [0.4, 0.5) is 30.2 Å². The lowest BCUT2D eigenvalue weighted by molar-refractivity contribution is -0.392. The zero-order valence-corrected chi connectivity index (χ0v) is 14.5. The van der Waals surface area contributed by atoms with Crippen LogP contribution in [0.1, 0.15) is 11.1 Å². The number of nitrogens with one attached hydrogen (secondary N) is 1. The highest BCUT2D eigenvalue weighted by atomic mass is 79.9. The summed E-state index contributed by atoms with van der Waals surface area (Å²) >= 11 is 3.14. The molecule has 142 valence electrons. The third-order valence-corrected chi connectivity index (χ3v) is 3.68. The van der Waals surface area contributed by atoms with E-state index < -0.39 is 38.6 Å². The molecule has 2 aromatic carbocycles. The molecule has 2 rings (SSSR count). The summed E-state index contributed by atoms with van der Waals surface area (Å²) in [5.41, 5.74) is -2.56. The number of nitro groups is 2. The molecule has 0 heterocycles. The summed E-state index contributed by atoms with van der Waals surface area (Å²) in [5.74, 6) is -0.208. The van der Waals surface area contributed by atoms with Gasteiger partial charge in [0.05, 0.1) is 21.6 Å². The van der Waals surface area contributed by atoms with Gasteiger partial charge in [0.2, 0.25) is 5.69 Å². The number of hydrazone groups is 1. The minimum Gasteiger partial charge on any atom is -0.507 e. The van der Waals surface area contributed by atoms with Gasteiger partial charge in [0.1, 0.15) is 5.75 Å². The molecule has 0 atom stereocenters. The summed E-state index contributed by atoms with van der Waals surface area (Å²) in [6.45, 7) is 0. The Morgan fingerprint density at radius 2 is 1.67 bits per heavy atom. The minimum atomic E-state index is -5.01. The van der Waals surface area contributed by atoms with Gasteiger partial charge in [0, 0.05) is 22.2 Å². The fourth-order valence-corrected chi connectivity index (χ4v) is 2.35. The predicted molar refractivity (Wildman–Crippen MR) is 91.8 cm³/mol. The Labute approximate surface area is 156 Å². The van der Waals surface area contributed by atoms with E-state index in [2.05, 4.69) is 21.0 Å². The van der Waals surface area contributed by atoms with Crippen molar-refractivity contribution in [1.82, 2.24) is 0 Å². The molecular formula is C14H8BrF3N4O5. The van der Waals surface area contributed by atoms with Crippen molar-refractivity contribution in [3.05, 3.63) is 66.2 Å². The lowest BCUT2D eigenvalue weighted by Crippen LogP contribution is -2.09. The summed E-state index contributed by atoms with van der Waals surface area (Å²) in [6, 6.07) is 4.60. The van der Waals surface area contributed by atoms with Crippen molar-refractivity contribution in [3.8, 4) is 5.75 Å². The minimum absolute atomic E-state index is 0.147. The first-order chi connectivity index (χ1) is 12.5. The van der Waals surface area contributed by atoms with E-state index in [1.54, 1.807) is 0 Å². The van der Waals surface area contributed by atoms with E-state index in [-0.39, 0.29) is 23.4 Å². The first-order valence-electron chi connectivity index (χ1n) is 6.82. The molecular weight excluding hydrogens is 441 g/mol.